The lowest BCUT2D eigenvalue weighted by Gasteiger charge is -2.21. The van der Waals surface area contributed by atoms with E-state index in [4.69, 9.17) is 4.74 Å². The number of nitrogens with zero attached hydrogens (tertiary/aromatic N) is 1. The Morgan fingerprint density at radius 3 is 3.06 bits per heavy atom. The number of ether oxygens (including phenoxy) is 1. The van der Waals surface area contributed by atoms with Gasteiger partial charge in [0.1, 0.15) is 0 Å². The van der Waals surface area contributed by atoms with Crippen molar-refractivity contribution in [3.05, 3.63) is 17.5 Å². The van der Waals surface area contributed by atoms with Gasteiger partial charge in [-0.05, 0) is 33.3 Å². The fourth-order valence-electron chi connectivity index (χ4n) is 2.27. The smallest absolute Gasteiger partial charge is 0.0700 e. The predicted molar refractivity (Wildman–Crippen MR) is 63.4 cm³/mol. The third-order valence-corrected chi connectivity index (χ3v) is 3.15. The van der Waals surface area contributed by atoms with Crippen LogP contribution in [0.3, 0.4) is 0 Å². The second-order valence-electron chi connectivity index (χ2n) is 4.79. The van der Waals surface area contributed by atoms with E-state index < -0.39 is 0 Å². The van der Waals surface area contributed by atoms with Crippen molar-refractivity contribution >= 4 is 0 Å². The van der Waals surface area contributed by atoms with E-state index in [0.717, 1.165) is 30.8 Å². The topological polar surface area (TPSA) is 49.9 Å². The first kappa shape index (κ1) is 11.6. The van der Waals surface area contributed by atoms with Crippen molar-refractivity contribution in [2.24, 2.45) is 0 Å². The standard InChI is InChI=1S/C12H21N3O/c1-8(6-11-7-9(2)14-15-11)13-12-4-5-16-10(12)3/h7-8,10,12-13H,4-6H2,1-3H3,(H,14,15). The zero-order valence-corrected chi connectivity index (χ0v) is 10.3. The van der Waals surface area contributed by atoms with Crippen LogP contribution in [0.5, 0.6) is 0 Å². The molecule has 3 unspecified atom stereocenters. The number of hydrogen-bond donors (Lipinski definition) is 2. The molecular formula is C12H21N3O. The Bertz CT molecular complexity index is 337. The minimum Gasteiger partial charge on any atom is -0.377 e. The molecule has 1 saturated heterocycles. The summed E-state index contributed by atoms with van der Waals surface area (Å²) in [6, 6.07) is 3.04. The highest BCUT2D eigenvalue weighted by Gasteiger charge is 2.25. The van der Waals surface area contributed by atoms with E-state index in [9.17, 15) is 0 Å². The van der Waals surface area contributed by atoms with Crippen LogP contribution in [-0.4, -0.2) is 35.0 Å². The van der Waals surface area contributed by atoms with E-state index in [1.165, 1.54) is 0 Å². The van der Waals surface area contributed by atoms with E-state index in [1.54, 1.807) is 0 Å². The Kier molecular flexibility index (Phi) is 3.61. The normalized spacial score (nSPS) is 27.2. The van der Waals surface area contributed by atoms with Gasteiger partial charge in [-0.3, -0.25) is 5.10 Å². The van der Waals surface area contributed by atoms with Gasteiger partial charge in [0.2, 0.25) is 0 Å². The quantitative estimate of drug-likeness (QED) is 0.811. The van der Waals surface area contributed by atoms with Gasteiger partial charge in [-0.1, -0.05) is 0 Å². The molecule has 4 heteroatoms. The van der Waals surface area contributed by atoms with Crippen LogP contribution in [0.15, 0.2) is 6.07 Å². The van der Waals surface area contributed by atoms with Crippen molar-refractivity contribution in [2.75, 3.05) is 6.61 Å². The van der Waals surface area contributed by atoms with E-state index >= 15 is 0 Å². The lowest BCUT2D eigenvalue weighted by Crippen LogP contribution is -2.41. The first-order valence-corrected chi connectivity index (χ1v) is 6.03. The van der Waals surface area contributed by atoms with Gasteiger partial charge >= 0.3 is 0 Å². The number of H-pyrrole nitrogens is 1. The first-order chi connectivity index (χ1) is 7.65. The highest BCUT2D eigenvalue weighted by molar-refractivity contribution is 5.08. The lowest BCUT2D eigenvalue weighted by atomic mass is 10.1. The Hall–Kier alpha value is -0.870. The third-order valence-electron chi connectivity index (χ3n) is 3.15. The molecule has 1 aliphatic rings. The Morgan fingerprint density at radius 2 is 2.50 bits per heavy atom. The lowest BCUT2D eigenvalue weighted by molar-refractivity contribution is 0.111. The summed E-state index contributed by atoms with van der Waals surface area (Å²) in [7, 11) is 0. The molecule has 16 heavy (non-hydrogen) atoms. The summed E-state index contributed by atoms with van der Waals surface area (Å²) < 4.78 is 5.54. The average molecular weight is 223 g/mol. The van der Waals surface area contributed by atoms with Gasteiger partial charge < -0.3 is 10.1 Å². The molecule has 1 aliphatic heterocycles. The molecule has 90 valence electrons. The maximum absolute atomic E-state index is 5.54. The summed E-state index contributed by atoms with van der Waals surface area (Å²) in [5, 5.41) is 10.8. The summed E-state index contributed by atoms with van der Waals surface area (Å²) in [5.74, 6) is 0. The average Bonchev–Trinajstić information content (AvgIpc) is 2.77. The maximum atomic E-state index is 5.54. The Balaban J connectivity index is 1.82. The van der Waals surface area contributed by atoms with Crippen LogP contribution in [0.2, 0.25) is 0 Å². The summed E-state index contributed by atoms with van der Waals surface area (Å²) in [5.41, 5.74) is 2.25. The highest BCUT2D eigenvalue weighted by Crippen LogP contribution is 2.14. The molecule has 2 heterocycles. The summed E-state index contributed by atoms with van der Waals surface area (Å²) in [6.45, 7) is 7.25. The van der Waals surface area contributed by atoms with Gasteiger partial charge in [0.05, 0.1) is 11.8 Å². The summed E-state index contributed by atoms with van der Waals surface area (Å²) in [4.78, 5) is 0. The number of aromatic amines is 1. The molecule has 3 atom stereocenters. The largest absolute Gasteiger partial charge is 0.377 e. The molecule has 2 rings (SSSR count). The van der Waals surface area contributed by atoms with Crippen molar-refractivity contribution in [2.45, 2.75) is 51.8 Å². The number of rotatable bonds is 4. The molecule has 0 saturated carbocycles. The van der Waals surface area contributed by atoms with Gasteiger partial charge in [-0.2, -0.15) is 5.10 Å². The van der Waals surface area contributed by atoms with E-state index in [0.29, 0.717) is 18.2 Å². The molecule has 0 amide bonds. The van der Waals surface area contributed by atoms with Crippen LogP contribution in [0.1, 0.15) is 31.7 Å². The van der Waals surface area contributed by atoms with Crippen molar-refractivity contribution in [3.8, 4) is 0 Å². The van der Waals surface area contributed by atoms with Crippen LogP contribution in [0, 0.1) is 6.92 Å². The van der Waals surface area contributed by atoms with Gasteiger partial charge in [-0.15, -0.1) is 0 Å². The van der Waals surface area contributed by atoms with Crippen LogP contribution in [-0.2, 0) is 11.2 Å². The van der Waals surface area contributed by atoms with Crippen LogP contribution in [0.4, 0.5) is 0 Å². The van der Waals surface area contributed by atoms with E-state index in [-0.39, 0.29) is 0 Å². The first-order valence-electron chi connectivity index (χ1n) is 6.03. The zero-order chi connectivity index (χ0) is 11.5. The SMILES string of the molecule is Cc1cc(CC(C)NC2CCOC2C)n[nH]1. The summed E-state index contributed by atoms with van der Waals surface area (Å²) >= 11 is 0. The van der Waals surface area contributed by atoms with Crippen LogP contribution < -0.4 is 5.32 Å². The number of aryl methyl sites for hydroxylation is 1. The van der Waals surface area contributed by atoms with Crippen LogP contribution >= 0.6 is 0 Å². The van der Waals surface area contributed by atoms with Gasteiger partial charge in [0, 0.05) is 30.8 Å². The number of hydrogen-bond acceptors (Lipinski definition) is 3. The van der Waals surface area contributed by atoms with Gasteiger partial charge in [0.15, 0.2) is 0 Å². The Morgan fingerprint density at radius 1 is 1.69 bits per heavy atom. The Labute approximate surface area is 96.8 Å². The molecule has 1 aromatic rings. The minimum atomic E-state index is 0.336. The second kappa shape index (κ2) is 4.97. The maximum Gasteiger partial charge on any atom is 0.0700 e. The molecule has 0 spiro atoms. The minimum absolute atomic E-state index is 0.336. The van der Waals surface area contributed by atoms with Crippen molar-refractivity contribution in [1.82, 2.24) is 15.5 Å². The molecular weight excluding hydrogens is 202 g/mol. The fraction of sp³-hybridized carbons (Fsp3) is 0.750. The van der Waals surface area contributed by atoms with Crippen molar-refractivity contribution in [1.29, 1.82) is 0 Å². The molecule has 1 fully saturated rings. The molecule has 1 aromatic heterocycles. The molecule has 0 aliphatic carbocycles. The zero-order valence-electron chi connectivity index (χ0n) is 10.3. The number of nitrogens with one attached hydrogen (secondary N) is 2. The molecule has 4 nitrogen and oxygen atoms in total. The van der Waals surface area contributed by atoms with Gasteiger partial charge in [0.25, 0.3) is 0 Å². The van der Waals surface area contributed by atoms with E-state index in [2.05, 4.69) is 35.4 Å². The molecule has 0 aromatic carbocycles. The molecule has 0 bridgehead atoms. The fourth-order valence-corrected chi connectivity index (χ4v) is 2.27. The van der Waals surface area contributed by atoms with E-state index in [1.807, 2.05) is 6.92 Å². The van der Waals surface area contributed by atoms with Crippen molar-refractivity contribution < 1.29 is 4.74 Å². The highest BCUT2D eigenvalue weighted by atomic mass is 16.5. The molecule has 2 N–H and O–H groups in total. The van der Waals surface area contributed by atoms with Crippen LogP contribution in [0.25, 0.3) is 0 Å². The van der Waals surface area contributed by atoms with Crippen molar-refractivity contribution in [3.63, 3.8) is 0 Å². The second-order valence-corrected chi connectivity index (χ2v) is 4.79. The predicted octanol–water partition coefficient (Wildman–Crippen LogP) is 1.42. The number of aromatic nitrogens is 2. The third kappa shape index (κ3) is 2.83. The monoisotopic (exact) mass is 223 g/mol. The summed E-state index contributed by atoms with van der Waals surface area (Å²) in [6.07, 6.45) is 2.42. The van der Waals surface area contributed by atoms with Gasteiger partial charge in [-0.25, -0.2) is 0 Å². The molecule has 0 radical (unpaired) electrons.